The molecule has 8 nitrogen and oxygen atoms in total. The molecule has 0 spiro atoms. The highest BCUT2D eigenvalue weighted by atomic mass is 19.1. The first-order valence-electron chi connectivity index (χ1n) is 11.9. The second-order valence-electron chi connectivity index (χ2n) is 9.15. The van der Waals surface area contributed by atoms with Gasteiger partial charge in [-0.3, -0.25) is 9.59 Å². The minimum Gasteiger partial charge on any atom is -0.365 e. The number of carbonyl (C=O) groups excluding carboxylic acids is 2. The lowest BCUT2D eigenvalue weighted by Gasteiger charge is -2.31. The number of nitrogens with zero attached hydrogens (tertiary/aromatic N) is 4. The van der Waals surface area contributed by atoms with E-state index < -0.39 is 0 Å². The number of amides is 2. The fourth-order valence-corrected chi connectivity index (χ4v) is 4.62. The van der Waals surface area contributed by atoms with Crippen molar-refractivity contribution in [3.05, 3.63) is 82.4 Å². The van der Waals surface area contributed by atoms with Crippen LogP contribution >= 0.6 is 0 Å². The summed E-state index contributed by atoms with van der Waals surface area (Å²) < 4.78 is 21.6. The standard InChI is InChI=1S/C26H28FN5O3/c1-17-6-8-18(9-7-17)23-15-32-22(16-35-23)24(29-30-32)26(34)31-12-10-19(11-13-31)25(33)28-14-20-4-2-3-5-21(20)27/h2-9,19,23H,10-16H2,1H3,(H,28,33)/t23-/m0/s1. The van der Waals surface area contributed by atoms with E-state index in [1.807, 2.05) is 31.2 Å². The molecule has 3 aromatic rings. The van der Waals surface area contributed by atoms with Gasteiger partial charge in [0.1, 0.15) is 11.9 Å². The quantitative estimate of drug-likeness (QED) is 0.610. The van der Waals surface area contributed by atoms with E-state index in [1.54, 1.807) is 27.8 Å². The average Bonchev–Trinajstić information content (AvgIpc) is 3.31. The number of ether oxygens (including phenoxy) is 1. The Morgan fingerprint density at radius 3 is 2.60 bits per heavy atom. The van der Waals surface area contributed by atoms with Crippen molar-refractivity contribution < 1.29 is 18.7 Å². The highest BCUT2D eigenvalue weighted by molar-refractivity contribution is 5.93. The minimum absolute atomic E-state index is 0.114. The summed E-state index contributed by atoms with van der Waals surface area (Å²) in [5, 5.41) is 11.2. The summed E-state index contributed by atoms with van der Waals surface area (Å²) in [6.07, 6.45) is 0.959. The molecule has 0 radical (unpaired) electrons. The maximum Gasteiger partial charge on any atom is 0.276 e. The summed E-state index contributed by atoms with van der Waals surface area (Å²) in [4.78, 5) is 27.4. The van der Waals surface area contributed by atoms with Crippen LogP contribution in [0.1, 0.15) is 51.8 Å². The molecule has 0 aliphatic carbocycles. The zero-order valence-corrected chi connectivity index (χ0v) is 19.6. The molecular weight excluding hydrogens is 449 g/mol. The van der Waals surface area contributed by atoms with Crippen LogP contribution in [-0.2, 0) is 29.2 Å². The second-order valence-corrected chi connectivity index (χ2v) is 9.15. The van der Waals surface area contributed by atoms with E-state index >= 15 is 0 Å². The van der Waals surface area contributed by atoms with Crippen molar-refractivity contribution in [1.82, 2.24) is 25.2 Å². The number of hydrogen-bond acceptors (Lipinski definition) is 5. The predicted molar refractivity (Wildman–Crippen MR) is 126 cm³/mol. The van der Waals surface area contributed by atoms with Crippen LogP contribution in [0.5, 0.6) is 0 Å². The molecule has 1 aromatic heterocycles. The number of rotatable bonds is 5. The van der Waals surface area contributed by atoms with Gasteiger partial charge in [0, 0.05) is 31.1 Å². The van der Waals surface area contributed by atoms with Gasteiger partial charge < -0.3 is 15.0 Å². The number of aromatic nitrogens is 3. The van der Waals surface area contributed by atoms with Crippen molar-refractivity contribution in [2.24, 2.45) is 5.92 Å². The van der Waals surface area contributed by atoms with Gasteiger partial charge in [-0.2, -0.15) is 0 Å². The zero-order valence-electron chi connectivity index (χ0n) is 19.6. The van der Waals surface area contributed by atoms with E-state index in [-0.39, 0.29) is 42.8 Å². The Labute approximate surface area is 203 Å². The van der Waals surface area contributed by atoms with Gasteiger partial charge in [-0.05, 0) is 31.4 Å². The van der Waals surface area contributed by atoms with Crippen molar-refractivity contribution in [3.8, 4) is 0 Å². The van der Waals surface area contributed by atoms with Crippen LogP contribution < -0.4 is 5.32 Å². The van der Waals surface area contributed by atoms with Crippen LogP contribution in [0, 0.1) is 18.7 Å². The van der Waals surface area contributed by atoms with E-state index in [1.165, 1.54) is 11.6 Å². The molecule has 1 fully saturated rings. The van der Waals surface area contributed by atoms with E-state index in [2.05, 4.69) is 15.6 Å². The van der Waals surface area contributed by atoms with Gasteiger partial charge in [-0.1, -0.05) is 53.2 Å². The fourth-order valence-electron chi connectivity index (χ4n) is 4.62. The Kier molecular flexibility index (Phi) is 6.59. The summed E-state index contributed by atoms with van der Waals surface area (Å²) in [6, 6.07) is 14.6. The van der Waals surface area contributed by atoms with Crippen molar-refractivity contribution in [1.29, 1.82) is 0 Å². The normalized spacial score (nSPS) is 18.2. The first-order valence-corrected chi connectivity index (χ1v) is 11.9. The lowest BCUT2D eigenvalue weighted by Crippen LogP contribution is -2.43. The Bertz CT molecular complexity index is 1220. The summed E-state index contributed by atoms with van der Waals surface area (Å²) in [6.45, 7) is 3.87. The van der Waals surface area contributed by atoms with E-state index in [0.29, 0.717) is 49.4 Å². The fraction of sp³-hybridized carbons (Fsp3) is 0.385. The number of piperidine rings is 1. The third kappa shape index (κ3) is 4.95. The molecule has 9 heteroatoms. The van der Waals surface area contributed by atoms with Crippen LogP contribution in [0.2, 0.25) is 0 Å². The molecule has 5 rings (SSSR count). The molecule has 35 heavy (non-hydrogen) atoms. The Balaban J connectivity index is 1.16. The Morgan fingerprint density at radius 1 is 1.11 bits per heavy atom. The van der Waals surface area contributed by atoms with Crippen LogP contribution in [-0.4, -0.2) is 44.8 Å². The summed E-state index contributed by atoms with van der Waals surface area (Å²) in [7, 11) is 0. The number of aryl methyl sites for hydroxylation is 1. The van der Waals surface area contributed by atoms with Crippen LogP contribution in [0.4, 0.5) is 4.39 Å². The summed E-state index contributed by atoms with van der Waals surface area (Å²) in [5.41, 5.74) is 3.71. The molecule has 1 N–H and O–H groups in total. The van der Waals surface area contributed by atoms with Gasteiger partial charge in [0.15, 0.2) is 5.69 Å². The first kappa shape index (κ1) is 23.2. The molecule has 0 unspecified atom stereocenters. The van der Waals surface area contributed by atoms with Gasteiger partial charge in [0.2, 0.25) is 5.91 Å². The van der Waals surface area contributed by atoms with E-state index in [9.17, 15) is 14.0 Å². The molecule has 2 amide bonds. The van der Waals surface area contributed by atoms with Gasteiger partial charge in [0.05, 0.1) is 18.8 Å². The third-order valence-corrected chi connectivity index (χ3v) is 6.81. The van der Waals surface area contributed by atoms with Crippen molar-refractivity contribution in [3.63, 3.8) is 0 Å². The second kappa shape index (κ2) is 9.95. The number of benzene rings is 2. The summed E-state index contributed by atoms with van der Waals surface area (Å²) in [5.74, 6) is -0.844. The smallest absolute Gasteiger partial charge is 0.276 e. The molecular formula is C26H28FN5O3. The molecule has 2 aromatic carbocycles. The predicted octanol–water partition coefficient (Wildman–Crippen LogP) is 3.17. The molecule has 0 bridgehead atoms. The summed E-state index contributed by atoms with van der Waals surface area (Å²) >= 11 is 0. The van der Waals surface area contributed by atoms with Crippen molar-refractivity contribution in [2.75, 3.05) is 13.1 Å². The molecule has 1 saturated heterocycles. The Hall–Kier alpha value is -3.59. The van der Waals surface area contributed by atoms with Gasteiger partial charge >= 0.3 is 0 Å². The minimum atomic E-state index is -0.334. The van der Waals surface area contributed by atoms with Crippen LogP contribution in [0.3, 0.4) is 0 Å². The number of likely N-dealkylation sites (tertiary alicyclic amines) is 1. The maximum atomic E-state index is 13.8. The molecule has 2 aliphatic rings. The third-order valence-electron chi connectivity index (χ3n) is 6.81. The maximum absolute atomic E-state index is 13.8. The monoisotopic (exact) mass is 477 g/mol. The number of fused-ring (bicyclic) bond motifs is 1. The number of carbonyl (C=O) groups is 2. The van der Waals surface area contributed by atoms with Gasteiger partial charge in [0.25, 0.3) is 5.91 Å². The van der Waals surface area contributed by atoms with Crippen LogP contribution in [0.25, 0.3) is 0 Å². The molecule has 3 heterocycles. The van der Waals surface area contributed by atoms with Gasteiger partial charge in [-0.25, -0.2) is 9.07 Å². The lowest BCUT2D eigenvalue weighted by atomic mass is 9.95. The van der Waals surface area contributed by atoms with Crippen molar-refractivity contribution in [2.45, 2.75) is 45.6 Å². The molecule has 1 atom stereocenters. The topological polar surface area (TPSA) is 89.4 Å². The Morgan fingerprint density at radius 2 is 1.86 bits per heavy atom. The number of nitrogens with one attached hydrogen (secondary N) is 1. The van der Waals surface area contributed by atoms with E-state index in [4.69, 9.17) is 4.74 Å². The molecule has 0 saturated carbocycles. The first-order chi connectivity index (χ1) is 17.0. The highest BCUT2D eigenvalue weighted by Crippen LogP contribution is 2.28. The SMILES string of the molecule is Cc1ccc([C@@H]2Cn3nnc(C(=O)N4CCC(C(=O)NCc5ccccc5F)CC4)c3CO2)cc1. The zero-order chi connectivity index (χ0) is 24.4. The highest BCUT2D eigenvalue weighted by Gasteiger charge is 2.33. The van der Waals surface area contributed by atoms with Crippen molar-refractivity contribution >= 4 is 11.8 Å². The number of halogens is 1. The lowest BCUT2D eigenvalue weighted by molar-refractivity contribution is -0.126. The molecule has 2 aliphatic heterocycles. The van der Waals surface area contributed by atoms with Crippen LogP contribution in [0.15, 0.2) is 48.5 Å². The van der Waals surface area contributed by atoms with E-state index in [0.717, 1.165) is 5.56 Å². The largest absolute Gasteiger partial charge is 0.365 e. The number of hydrogen-bond donors (Lipinski definition) is 1. The van der Waals surface area contributed by atoms with Gasteiger partial charge in [-0.15, -0.1) is 5.10 Å². The average molecular weight is 478 g/mol. The molecule has 182 valence electrons.